The van der Waals surface area contributed by atoms with E-state index in [0.717, 1.165) is 19.4 Å². The zero-order chi connectivity index (χ0) is 11.1. The van der Waals surface area contributed by atoms with Crippen LogP contribution >= 0.6 is 0 Å². The smallest absolute Gasteiger partial charge is 0.242 e. The van der Waals surface area contributed by atoms with Gasteiger partial charge in [0.2, 0.25) is 5.91 Å². The maximum atomic E-state index is 12.1. The summed E-state index contributed by atoms with van der Waals surface area (Å²) in [5.41, 5.74) is -0.850. The number of amides is 1. The second kappa shape index (κ2) is 3.52. The van der Waals surface area contributed by atoms with Gasteiger partial charge in [-0.2, -0.15) is 5.26 Å². The first-order valence-corrected chi connectivity index (χ1v) is 5.77. The summed E-state index contributed by atoms with van der Waals surface area (Å²) in [7, 11) is 0. The molecule has 0 aromatic heterocycles. The summed E-state index contributed by atoms with van der Waals surface area (Å²) in [6.07, 6.45) is 4.76. The topological polar surface area (TPSA) is 44.1 Å². The highest BCUT2D eigenvalue weighted by Gasteiger charge is 2.41. The third-order valence-electron chi connectivity index (χ3n) is 3.21. The molecule has 3 heteroatoms. The Morgan fingerprint density at radius 3 is 2.40 bits per heavy atom. The van der Waals surface area contributed by atoms with E-state index in [1.54, 1.807) is 13.8 Å². The minimum absolute atomic E-state index is 0.0272. The van der Waals surface area contributed by atoms with Crippen LogP contribution in [0.25, 0.3) is 0 Å². The summed E-state index contributed by atoms with van der Waals surface area (Å²) in [6.45, 7) is 4.32. The lowest BCUT2D eigenvalue weighted by molar-refractivity contribution is -0.138. The normalized spacial score (nSPS) is 20.9. The van der Waals surface area contributed by atoms with E-state index in [0.29, 0.717) is 12.0 Å². The Kier molecular flexibility index (Phi) is 2.46. The lowest BCUT2D eigenvalue weighted by Crippen LogP contribution is -2.42. The van der Waals surface area contributed by atoms with E-state index in [1.807, 2.05) is 4.90 Å². The lowest BCUT2D eigenvalue weighted by atomic mass is 9.93. The highest BCUT2D eigenvalue weighted by molar-refractivity contribution is 5.85. The molecule has 0 atom stereocenters. The highest BCUT2D eigenvalue weighted by atomic mass is 16.2. The van der Waals surface area contributed by atoms with Crippen molar-refractivity contribution in [2.24, 2.45) is 11.3 Å². The molecule has 0 aromatic carbocycles. The average molecular weight is 206 g/mol. The van der Waals surface area contributed by atoms with Crippen molar-refractivity contribution in [3.05, 3.63) is 0 Å². The van der Waals surface area contributed by atoms with Gasteiger partial charge in [-0.15, -0.1) is 0 Å². The van der Waals surface area contributed by atoms with Crippen molar-refractivity contribution < 1.29 is 4.79 Å². The average Bonchev–Trinajstić information content (AvgIpc) is 3.02. The molecule has 82 valence electrons. The molecule has 0 N–H and O–H groups in total. The van der Waals surface area contributed by atoms with E-state index < -0.39 is 5.41 Å². The number of carbonyl (C=O) groups is 1. The lowest BCUT2D eigenvalue weighted by Gasteiger charge is -2.28. The van der Waals surface area contributed by atoms with E-state index in [1.165, 1.54) is 12.8 Å². The number of rotatable bonds is 4. The fourth-order valence-corrected chi connectivity index (χ4v) is 1.77. The molecule has 2 aliphatic carbocycles. The maximum Gasteiger partial charge on any atom is 0.242 e. The SMILES string of the molecule is CC(C)(C#N)C(=O)N(CC1CC1)C1CC1. The maximum absolute atomic E-state index is 12.1. The van der Waals surface area contributed by atoms with Crippen LogP contribution in [0.15, 0.2) is 0 Å². The Bertz CT molecular complexity index is 308. The fourth-order valence-electron chi connectivity index (χ4n) is 1.77. The first-order valence-electron chi connectivity index (χ1n) is 5.77. The van der Waals surface area contributed by atoms with Gasteiger partial charge >= 0.3 is 0 Å². The number of hydrogen-bond donors (Lipinski definition) is 0. The molecule has 0 radical (unpaired) electrons. The van der Waals surface area contributed by atoms with Crippen LogP contribution in [-0.2, 0) is 4.79 Å². The van der Waals surface area contributed by atoms with Crippen LogP contribution in [-0.4, -0.2) is 23.4 Å². The molecule has 2 aliphatic rings. The molecule has 2 fully saturated rings. The number of nitriles is 1. The molecule has 0 aliphatic heterocycles. The van der Waals surface area contributed by atoms with Gasteiger partial charge in [0.1, 0.15) is 5.41 Å². The van der Waals surface area contributed by atoms with Gasteiger partial charge in [0, 0.05) is 12.6 Å². The molecular formula is C12H18N2O. The standard InChI is InChI=1S/C12H18N2O/c1-12(2,8-13)11(15)14(10-5-6-10)7-9-3-4-9/h9-10H,3-7H2,1-2H3. The Balaban J connectivity index is 2.03. The van der Waals surface area contributed by atoms with Crippen molar-refractivity contribution in [1.82, 2.24) is 4.90 Å². The summed E-state index contributed by atoms with van der Waals surface area (Å²) < 4.78 is 0. The molecule has 0 saturated heterocycles. The van der Waals surface area contributed by atoms with Crippen LogP contribution in [0.4, 0.5) is 0 Å². The molecule has 1 amide bonds. The predicted octanol–water partition coefficient (Wildman–Crippen LogP) is 1.94. The van der Waals surface area contributed by atoms with Crippen molar-refractivity contribution in [3.63, 3.8) is 0 Å². The summed E-state index contributed by atoms with van der Waals surface area (Å²) in [4.78, 5) is 14.1. The van der Waals surface area contributed by atoms with Gasteiger partial charge in [0.15, 0.2) is 0 Å². The van der Waals surface area contributed by atoms with Crippen LogP contribution in [0.2, 0.25) is 0 Å². The van der Waals surface area contributed by atoms with Gasteiger partial charge < -0.3 is 4.90 Å². The van der Waals surface area contributed by atoms with Gasteiger partial charge in [-0.25, -0.2) is 0 Å². The van der Waals surface area contributed by atoms with Gasteiger partial charge in [-0.05, 0) is 45.4 Å². The largest absolute Gasteiger partial charge is 0.338 e. The molecule has 0 unspecified atom stereocenters. The summed E-state index contributed by atoms with van der Waals surface area (Å²) in [5.74, 6) is 0.739. The van der Waals surface area contributed by atoms with E-state index in [2.05, 4.69) is 6.07 Å². The molecule has 3 nitrogen and oxygen atoms in total. The Labute approximate surface area is 91.1 Å². The first-order chi connectivity index (χ1) is 7.04. The Hall–Kier alpha value is -1.04. The molecule has 0 heterocycles. The second-order valence-corrected chi connectivity index (χ2v) is 5.37. The second-order valence-electron chi connectivity index (χ2n) is 5.37. The zero-order valence-electron chi connectivity index (χ0n) is 9.49. The van der Waals surface area contributed by atoms with Crippen LogP contribution in [0, 0.1) is 22.7 Å². The van der Waals surface area contributed by atoms with Gasteiger partial charge in [0.25, 0.3) is 0 Å². The fraction of sp³-hybridized carbons (Fsp3) is 0.833. The van der Waals surface area contributed by atoms with E-state index >= 15 is 0 Å². The van der Waals surface area contributed by atoms with Crippen LogP contribution < -0.4 is 0 Å². The van der Waals surface area contributed by atoms with Crippen molar-refractivity contribution in [2.45, 2.75) is 45.6 Å². The van der Waals surface area contributed by atoms with Crippen LogP contribution in [0.3, 0.4) is 0 Å². The molecule has 0 aromatic rings. The number of hydrogen-bond acceptors (Lipinski definition) is 2. The Morgan fingerprint density at radius 2 is 2.00 bits per heavy atom. The van der Waals surface area contributed by atoms with Crippen molar-refractivity contribution in [3.8, 4) is 6.07 Å². The molecule has 0 bridgehead atoms. The van der Waals surface area contributed by atoms with E-state index in [9.17, 15) is 4.79 Å². The third-order valence-corrected chi connectivity index (χ3v) is 3.21. The van der Waals surface area contributed by atoms with Crippen molar-refractivity contribution >= 4 is 5.91 Å². The zero-order valence-corrected chi connectivity index (χ0v) is 9.49. The van der Waals surface area contributed by atoms with Gasteiger partial charge in [-0.1, -0.05) is 0 Å². The highest BCUT2D eigenvalue weighted by Crippen LogP contribution is 2.36. The summed E-state index contributed by atoms with van der Waals surface area (Å²) >= 11 is 0. The molecule has 15 heavy (non-hydrogen) atoms. The van der Waals surface area contributed by atoms with Gasteiger partial charge in [-0.3, -0.25) is 4.79 Å². The van der Waals surface area contributed by atoms with Crippen molar-refractivity contribution in [1.29, 1.82) is 5.26 Å². The van der Waals surface area contributed by atoms with Gasteiger partial charge in [0.05, 0.1) is 6.07 Å². The van der Waals surface area contributed by atoms with Crippen molar-refractivity contribution in [2.75, 3.05) is 6.54 Å². The number of nitrogens with zero attached hydrogens (tertiary/aromatic N) is 2. The molecule has 2 rings (SSSR count). The van der Waals surface area contributed by atoms with Crippen LogP contribution in [0.1, 0.15) is 39.5 Å². The predicted molar refractivity (Wildman–Crippen MR) is 56.9 cm³/mol. The third kappa shape index (κ3) is 2.31. The summed E-state index contributed by atoms with van der Waals surface area (Å²) in [6, 6.07) is 2.54. The number of carbonyl (C=O) groups excluding carboxylic acids is 1. The molecular weight excluding hydrogens is 188 g/mol. The molecule has 0 spiro atoms. The van der Waals surface area contributed by atoms with Crippen LogP contribution in [0.5, 0.6) is 0 Å². The molecule has 2 saturated carbocycles. The summed E-state index contributed by atoms with van der Waals surface area (Å²) in [5, 5.41) is 8.97. The quantitative estimate of drug-likeness (QED) is 0.705. The van der Waals surface area contributed by atoms with E-state index in [-0.39, 0.29) is 5.91 Å². The minimum Gasteiger partial charge on any atom is -0.338 e. The Morgan fingerprint density at radius 1 is 1.40 bits per heavy atom. The van der Waals surface area contributed by atoms with E-state index in [4.69, 9.17) is 5.26 Å². The minimum atomic E-state index is -0.850. The first kappa shape index (κ1) is 10.5. The monoisotopic (exact) mass is 206 g/mol.